The van der Waals surface area contributed by atoms with Crippen LogP contribution < -0.4 is 5.73 Å². The summed E-state index contributed by atoms with van der Waals surface area (Å²) in [5.41, 5.74) is 8.95. The van der Waals surface area contributed by atoms with E-state index < -0.39 is 7.12 Å². The Bertz CT molecular complexity index is 509. The van der Waals surface area contributed by atoms with Crippen LogP contribution in [0.5, 0.6) is 0 Å². The number of rotatable bonds is 8. The maximum atomic E-state index is 8.86. The van der Waals surface area contributed by atoms with Gasteiger partial charge in [-0.05, 0) is 74.8 Å². The predicted octanol–water partition coefficient (Wildman–Crippen LogP) is 3.86. The molecule has 0 aromatic heterocycles. The number of likely N-dealkylation sites (tertiary alicyclic amines) is 1. The topological polar surface area (TPSA) is 69.7 Å². The highest BCUT2D eigenvalue weighted by Gasteiger charge is 2.24. The fraction of sp³-hybridized carbons (Fsp3) is 0.700. The van der Waals surface area contributed by atoms with Crippen molar-refractivity contribution in [1.29, 1.82) is 0 Å². The second-order valence-corrected chi connectivity index (χ2v) is 7.55. The maximum Gasteiger partial charge on any atom is 0.451 e. The normalized spacial score (nSPS) is 16.7. The predicted molar refractivity (Wildman–Crippen MR) is 112 cm³/mol. The smallest absolute Gasteiger partial charge is 0.427 e. The summed E-state index contributed by atoms with van der Waals surface area (Å²) in [4.78, 5) is 2.50. The van der Waals surface area contributed by atoms with Gasteiger partial charge in [0, 0.05) is 17.6 Å². The van der Waals surface area contributed by atoms with E-state index in [0.717, 1.165) is 56.8 Å². The van der Waals surface area contributed by atoms with Crippen LogP contribution in [0.25, 0.3) is 0 Å². The van der Waals surface area contributed by atoms with Crippen LogP contribution in [-0.4, -0.2) is 41.2 Å². The summed E-state index contributed by atoms with van der Waals surface area (Å²) in [6.07, 6.45) is 5.54. The lowest BCUT2D eigenvalue weighted by molar-refractivity contribution is 0.159. The molecule has 1 aliphatic rings. The zero-order valence-electron chi connectivity index (χ0n) is 16.6. The lowest BCUT2D eigenvalue weighted by Crippen LogP contribution is -2.40. The second kappa shape index (κ2) is 12.7. The van der Waals surface area contributed by atoms with Crippen molar-refractivity contribution in [2.24, 2.45) is 11.7 Å². The minimum Gasteiger partial charge on any atom is -0.427 e. The molecule has 148 valence electrons. The zero-order valence-corrected chi connectivity index (χ0v) is 17.4. The van der Waals surface area contributed by atoms with E-state index in [1.807, 2.05) is 26.0 Å². The van der Waals surface area contributed by atoms with E-state index in [4.69, 9.17) is 27.4 Å². The van der Waals surface area contributed by atoms with E-state index in [1.165, 1.54) is 11.1 Å². The summed E-state index contributed by atoms with van der Waals surface area (Å²) >= 11 is 6.03. The second-order valence-electron chi connectivity index (χ2n) is 7.11. The van der Waals surface area contributed by atoms with Crippen molar-refractivity contribution >= 4 is 18.7 Å². The molecule has 1 fully saturated rings. The summed E-state index contributed by atoms with van der Waals surface area (Å²) in [5, 5.41) is 18.5. The summed E-state index contributed by atoms with van der Waals surface area (Å²) in [7, 11) is -1.18. The van der Waals surface area contributed by atoms with Gasteiger partial charge in [-0.1, -0.05) is 44.4 Å². The third-order valence-electron chi connectivity index (χ3n) is 5.19. The van der Waals surface area contributed by atoms with Crippen LogP contribution >= 0.6 is 11.6 Å². The third kappa shape index (κ3) is 8.40. The van der Waals surface area contributed by atoms with E-state index in [2.05, 4.69) is 17.9 Å². The number of aryl methyl sites for hydroxylation is 1. The van der Waals surface area contributed by atoms with Crippen molar-refractivity contribution in [1.82, 2.24) is 4.90 Å². The molecule has 0 bridgehead atoms. The Balaban J connectivity index is 0.00000163. The molecular formula is C20H36BClN2O2. The molecule has 0 spiro atoms. The molecule has 1 heterocycles. The number of unbranched alkanes of at least 4 members (excludes halogenated alkanes) is 1. The number of hydrogen-bond acceptors (Lipinski definition) is 4. The quantitative estimate of drug-likeness (QED) is 0.471. The Morgan fingerprint density at radius 1 is 1.23 bits per heavy atom. The fourth-order valence-corrected chi connectivity index (χ4v) is 3.79. The van der Waals surface area contributed by atoms with Crippen LogP contribution in [-0.2, 0) is 6.54 Å². The van der Waals surface area contributed by atoms with Crippen molar-refractivity contribution < 1.29 is 10.0 Å². The highest BCUT2D eigenvalue weighted by atomic mass is 35.5. The van der Waals surface area contributed by atoms with Crippen molar-refractivity contribution in [3.63, 3.8) is 0 Å². The van der Waals surface area contributed by atoms with Crippen LogP contribution in [0.15, 0.2) is 18.2 Å². The first-order valence-corrected chi connectivity index (χ1v) is 10.4. The first-order chi connectivity index (χ1) is 12.5. The van der Waals surface area contributed by atoms with Crippen LogP contribution in [0.2, 0.25) is 11.3 Å². The van der Waals surface area contributed by atoms with E-state index in [1.54, 1.807) is 0 Å². The minimum absolute atomic E-state index is 0.236. The Labute approximate surface area is 164 Å². The summed E-state index contributed by atoms with van der Waals surface area (Å²) in [6, 6.07) is 6.37. The Morgan fingerprint density at radius 3 is 2.46 bits per heavy atom. The molecule has 2 rings (SSSR count). The number of hydrogen-bond donors (Lipinski definition) is 3. The van der Waals surface area contributed by atoms with Gasteiger partial charge in [-0.15, -0.1) is 0 Å². The molecule has 1 aromatic rings. The highest BCUT2D eigenvalue weighted by Crippen LogP contribution is 2.25. The lowest BCUT2D eigenvalue weighted by Gasteiger charge is -2.35. The molecule has 6 heteroatoms. The molecule has 4 N–H and O–H groups in total. The molecule has 0 radical (unpaired) electrons. The van der Waals surface area contributed by atoms with Crippen LogP contribution in [0.3, 0.4) is 0 Å². The van der Waals surface area contributed by atoms with E-state index >= 15 is 0 Å². The first-order valence-electron chi connectivity index (χ1n) is 10.0. The molecule has 1 atom stereocenters. The number of nitrogens with two attached hydrogens (primary N) is 1. The average molecular weight is 383 g/mol. The van der Waals surface area contributed by atoms with Crippen LogP contribution in [0, 0.1) is 12.8 Å². The number of benzene rings is 1. The molecule has 26 heavy (non-hydrogen) atoms. The van der Waals surface area contributed by atoms with E-state index in [-0.39, 0.29) is 6.04 Å². The molecular weight excluding hydrogens is 346 g/mol. The third-order valence-corrected chi connectivity index (χ3v) is 5.42. The van der Waals surface area contributed by atoms with Crippen molar-refractivity contribution in [3.8, 4) is 0 Å². The SMILES string of the molecule is CC.Cc1cc(Cl)ccc1CN1CCC(C(N)CCCCB(O)O)CC1. The van der Waals surface area contributed by atoms with Gasteiger partial charge in [0.1, 0.15) is 0 Å². The summed E-state index contributed by atoms with van der Waals surface area (Å²) in [5.74, 6) is 0.589. The van der Waals surface area contributed by atoms with Gasteiger partial charge in [-0.25, -0.2) is 0 Å². The molecule has 0 amide bonds. The van der Waals surface area contributed by atoms with Crippen LogP contribution in [0.4, 0.5) is 0 Å². The Morgan fingerprint density at radius 2 is 1.88 bits per heavy atom. The zero-order chi connectivity index (χ0) is 19.5. The van der Waals surface area contributed by atoms with Gasteiger partial charge in [0.15, 0.2) is 0 Å². The number of piperidine rings is 1. The monoisotopic (exact) mass is 382 g/mol. The first kappa shape index (κ1) is 23.5. The number of nitrogens with zero attached hydrogens (tertiary/aromatic N) is 1. The van der Waals surface area contributed by atoms with Crippen molar-refractivity contribution in [2.75, 3.05) is 13.1 Å². The van der Waals surface area contributed by atoms with Gasteiger partial charge in [-0.2, -0.15) is 0 Å². The summed E-state index contributed by atoms with van der Waals surface area (Å²) in [6.45, 7) is 9.29. The van der Waals surface area contributed by atoms with Gasteiger partial charge in [0.2, 0.25) is 0 Å². The van der Waals surface area contributed by atoms with Crippen molar-refractivity contribution in [3.05, 3.63) is 34.3 Å². The minimum atomic E-state index is -1.18. The van der Waals surface area contributed by atoms with E-state index in [0.29, 0.717) is 12.2 Å². The van der Waals surface area contributed by atoms with Crippen molar-refractivity contribution in [2.45, 2.75) is 71.8 Å². The van der Waals surface area contributed by atoms with Gasteiger partial charge in [0.25, 0.3) is 0 Å². The number of halogens is 1. The fourth-order valence-electron chi connectivity index (χ4n) is 3.56. The summed E-state index contributed by atoms with van der Waals surface area (Å²) < 4.78 is 0. The molecule has 1 aromatic carbocycles. The average Bonchev–Trinajstić information content (AvgIpc) is 2.63. The van der Waals surface area contributed by atoms with Gasteiger partial charge in [0.05, 0.1) is 0 Å². The van der Waals surface area contributed by atoms with Gasteiger partial charge < -0.3 is 15.8 Å². The maximum absolute atomic E-state index is 8.86. The van der Waals surface area contributed by atoms with Crippen LogP contribution in [0.1, 0.15) is 57.1 Å². The van der Waals surface area contributed by atoms with Gasteiger partial charge >= 0.3 is 7.12 Å². The van der Waals surface area contributed by atoms with Gasteiger partial charge in [-0.3, -0.25) is 4.90 Å². The Hall–Kier alpha value is -0.585. The molecule has 0 aliphatic carbocycles. The van der Waals surface area contributed by atoms with E-state index in [9.17, 15) is 0 Å². The molecule has 0 saturated carbocycles. The molecule has 1 saturated heterocycles. The molecule has 1 unspecified atom stereocenters. The lowest BCUT2D eigenvalue weighted by atomic mass is 9.82. The Kier molecular flexibility index (Phi) is 11.5. The molecule has 4 nitrogen and oxygen atoms in total. The molecule has 1 aliphatic heterocycles. The largest absolute Gasteiger partial charge is 0.451 e. The standard InChI is InChI=1S/C18H30BClN2O2.C2H6/c1-14-12-17(20)6-5-16(14)13-22-10-7-15(8-11-22)18(21)4-2-3-9-19(23)24;1-2/h5-6,12,15,18,23-24H,2-4,7-11,13,21H2,1H3;1-2H3. The highest BCUT2D eigenvalue weighted by molar-refractivity contribution is 6.40.